The highest BCUT2D eigenvalue weighted by atomic mass is 79.9. The summed E-state index contributed by atoms with van der Waals surface area (Å²) in [6, 6.07) is 18.7. The molecule has 0 aliphatic rings. The minimum absolute atomic E-state index is 0.0276. The van der Waals surface area contributed by atoms with E-state index in [-0.39, 0.29) is 17.1 Å². The molecular weight excluding hydrogens is 528 g/mol. The van der Waals surface area contributed by atoms with Crippen LogP contribution in [0.3, 0.4) is 0 Å². The molecule has 33 heavy (non-hydrogen) atoms. The zero-order chi connectivity index (χ0) is 23.4. The number of carbonyl (C=O) groups is 1. The molecule has 0 spiro atoms. The van der Waals surface area contributed by atoms with Gasteiger partial charge in [0.2, 0.25) is 0 Å². The maximum absolute atomic E-state index is 13.2. The highest BCUT2D eigenvalue weighted by Crippen LogP contribution is 2.23. The van der Waals surface area contributed by atoms with Crippen molar-refractivity contribution in [3.05, 3.63) is 92.1 Å². The van der Waals surface area contributed by atoms with Crippen LogP contribution < -0.4 is 11.0 Å². The summed E-state index contributed by atoms with van der Waals surface area (Å²) in [4.78, 5) is 30.1. The van der Waals surface area contributed by atoms with Crippen LogP contribution in [0.5, 0.6) is 5.75 Å². The lowest BCUT2D eigenvalue weighted by atomic mass is 10.2. The first-order valence-electron chi connectivity index (χ1n) is 9.63. The number of halogens is 2. The average Bonchev–Trinajstić information content (AvgIpc) is 2.81. The first kappa shape index (κ1) is 23.0. The van der Waals surface area contributed by atoms with Gasteiger partial charge in [-0.15, -0.1) is 0 Å². The predicted octanol–water partition coefficient (Wildman–Crippen LogP) is 4.75. The maximum Gasteiger partial charge on any atom is 0.266 e. The zero-order valence-corrected chi connectivity index (χ0v) is 20.1. The van der Waals surface area contributed by atoms with E-state index in [4.69, 9.17) is 11.6 Å². The van der Waals surface area contributed by atoms with Gasteiger partial charge in [-0.1, -0.05) is 51.4 Å². The molecule has 0 saturated heterocycles. The Kier molecular flexibility index (Phi) is 7.12. The molecular formula is C23H16BrClN4O3S. The smallest absolute Gasteiger partial charge is 0.266 e. The summed E-state index contributed by atoms with van der Waals surface area (Å²) in [6.07, 6.45) is 1.35. The molecule has 0 aliphatic carbocycles. The molecule has 1 amide bonds. The van der Waals surface area contributed by atoms with Gasteiger partial charge < -0.3 is 5.11 Å². The van der Waals surface area contributed by atoms with Crippen LogP contribution >= 0.6 is 39.3 Å². The number of carbonyl (C=O) groups excluding carboxylic acids is 1. The van der Waals surface area contributed by atoms with Gasteiger partial charge in [-0.2, -0.15) is 5.10 Å². The number of benzene rings is 3. The van der Waals surface area contributed by atoms with E-state index in [1.54, 1.807) is 60.7 Å². The highest BCUT2D eigenvalue weighted by molar-refractivity contribution is 9.10. The Morgan fingerprint density at radius 1 is 1.18 bits per heavy atom. The van der Waals surface area contributed by atoms with Crippen molar-refractivity contribution in [3.8, 4) is 11.4 Å². The van der Waals surface area contributed by atoms with Gasteiger partial charge in [-0.05, 0) is 54.6 Å². The number of aromatic nitrogens is 2. The minimum atomic E-state index is -0.393. The summed E-state index contributed by atoms with van der Waals surface area (Å²) in [5, 5.41) is 15.1. The number of hydrazone groups is 1. The lowest BCUT2D eigenvalue weighted by Crippen LogP contribution is -2.24. The molecule has 0 saturated carbocycles. The van der Waals surface area contributed by atoms with Gasteiger partial charge in [-0.3, -0.25) is 14.2 Å². The summed E-state index contributed by atoms with van der Waals surface area (Å²) in [7, 11) is 0. The number of fused-ring (bicyclic) bond motifs is 1. The molecule has 4 rings (SSSR count). The fraction of sp³-hybridized carbons (Fsp3) is 0.0435. The number of phenolic OH excluding ortho intramolecular Hbond substituents is 1. The molecule has 2 N–H and O–H groups in total. The first-order chi connectivity index (χ1) is 15.9. The largest absolute Gasteiger partial charge is 0.507 e. The van der Waals surface area contributed by atoms with Crippen molar-refractivity contribution in [2.45, 2.75) is 5.16 Å². The maximum atomic E-state index is 13.2. The van der Waals surface area contributed by atoms with Crippen LogP contribution in [0, 0.1) is 0 Å². The Hall–Kier alpha value is -3.14. The molecule has 1 heterocycles. The van der Waals surface area contributed by atoms with E-state index in [9.17, 15) is 14.7 Å². The number of thioether (sulfide) groups is 1. The molecule has 0 radical (unpaired) electrons. The van der Waals surface area contributed by atoms with Gasteiger partial charge in [0.05, 0.1) is 28.6 Å². The van der Waals surface area contributed by atoms with Crippen LogP contribution in [-0.2, 0) is 4.79 Å². The van der Waals surface area contributed by atoms with Crippen molar-refractivity contribution in [2.75, 3.05) is 5.75 Å². The van der Waals surface area contributed by atoms with Crippen LogP contribution in [0.2, 0.25) is 5.02 Å². The Morgan fingerprint density at radius 2 is 1.94 bits per heavy atom. The SMILES string of the molecule is O=C(CSc1nc2ccccc2c(=O)n1-c1ccc(Cl)cc1)N/N=C\c1cc(Br)ccc1O. The average molecular weight is 544 g/mol. The van der Waals surface area contributed by atoms with Crippen LogP contribution in [0.1, 0.15) is 5.56 Å². The lowest BCUT2D eigenvalue weighted by molar-refractivity contribution is -0.118. The number of aromatic hydroxyl groups is 1. The van der Waals surface area contributed by atoms with E-state index in [1.165, 1.54) is 16.8 Å². The van der Waals surface area contributed by atoms with Crippen molar-refractivity contribution in [1.82, 2.24) is 15.0 Å². The van der Waals surface area contributed by atoms with Crippen molar-refractivity contribution in [2.24, 2.45) is 5.10 Å². The van der Waals surface area contributed by atoms with E-state index in [0.717, 1.165) is 16.2 Å². The van der Waals surface area contributed by atoms with Gasteiger partial charge in [0.25, 0.3) is 11.5 Å². The zero-order valence-electron chi connectivity index (χ0n) is 16.9. The molecule has 4 aromatic rings. The highest BCUT2D eigenvalue weighted by Gasteiger charge is 2.14. The molecule has 10 heteroatoms. The van der Waals surface area contributed by atoms with Gasteiger partial charge >= 0.3 is 0 Å². The number of para-hydroxylation sites is 1. The van der Waals surface area contributed by atoms with E-state index in [0.29, 0.717) is 32.3 Å². The second-order valence-electron chi connectivity index (χ2n) is 6.81. The van der Waals surface area contributed by atoms with Crippen molar-refractivity contribution < 1.29 is 9.90 Å². The third-order valence-electron chi connectivity index (χ3n) is 4.54. The quantitative estimate of drug-likeness (QED) is 0.158. The van der Waals surface area contributed by atoms with Crippen LogP contribution in [0.4, 0.5) is 0 Å². The molecule has 166 valence electrons. The number of rotatable bonds is 6. The van der Waals surface area contributed by atoms with Gasteiger partial charge in [0, 0.05) is 15.1 Å². The second kappa shape index (κ2) is 10.2. The molecule has 7 nitrogen and oxygen atoms in total. The Labute approximate surface area is 206 Å². The van der Waals surface area contributed by atoms with Crippen LogP contribution in [0.25, 0.3) is 16.6 Å². The van der Waals surface area contributed by atoms with Crippen molar-refractivity contribution in [3.63, 3.8) is 0 Å². The summed E-state index contributed by atoms with van der Waals surface area (Å²) in [6.45, 7) is 0. The fourth-order valence-electron chi connectivity index (χ4n) is 2.99. The molecule has 0 atom stereocenters. The molecule has 0 bridgehead atoms. The number of nitrogens with zero attached hydrogens (tertiary/aromatic N) is 3. The van der Waals surface area contributed by atoms with Crippen molar-refractivity contribution >= 4 is 62.3 Å². The standard InChI is InChI=1S/C23H16BrClN4O3S/c24-15-5-10-20(30)14(11-15)12-26-28-21(31)13-33-23-27-19-4-2-1-3-18(19)22(32)29(23)17-8-6-16(25)7-9-17/h1-12,30H,13H2,(H,28,31)/b26-12-. The van der Waals surface area contributed by atoms with Gasteiger partial charge in [0.1, 0.15) is 5.75 Å². The van der Waals surface area contributed by atoms with E-state index < -0.39 is 5.91 Å². The Balaban J connectivity index is 1.56. The molecule has 0 aliphatic heterocycles. The van der Waals surface area contributed by atoms with E-state index >= 15 is 0 Å². The number of amides is 1. The number of phenols is 1. The lowest BCUT2D eigenvalue weighted by Gasteiger charge is -2.13. The predicted molar refractivity (Wildman–Crippen MR) is 135 cm³/mol. The summed E-state index contributed by atoms with van der Waals surface area (Å²) in [5.74, 6) is -0.381. The molecule has 0 unspecified atom stereocenters. The fourth-order valence-corrected chi connectivity index (χ4v) is 4.30. The Bertz CT molecular complexity index is 1420. The van der Waals surface area contributed by atoms with E-state index in [1.807, 2.05) is 0 Å². The van der Waals surface area contributed by atoms with Crippen LogP contribution in [0.15, 0.2) is 86.3 Å². The normalized spacial score (nSPS) is 11.2. The topological polar surface area (TPSA) is 96.6 Å². The summed E-state index contributed by atoms with van der Waals surface area (Å²) >= 11 is 10.4. The molecule has 1 aromatic heterocycles. The summed E-state index contributed by atoms with van der Waals surface area (Å²) in [5.41, 5.74) is 3.76. The van der Waals surface area contributed by atoms with Gasteiger partial charge in [0.15, 0.2) is 5.16 Å². The van der Waals surface area contributed by atoms with Gasteiger partial charge in [-0.25, -0.2) is 10.4 Å². The summed E-state index contributed by atoms with van der Waals surface area (Å²) < 4.78 is 2.23. The third-order valence-corrected chi connectivity index (χ3v) is 6.23. The third kappa shape index (κ3) is 5.44. The number of hydrogen-bond acceptors (Lipinski definition) is 6. The Morgan fingerprint density at radius 3 is 2.73 bits per heavy atom. The second-order valence-corrected chi connectivity index (χ2v) is 9.11. The number of nitrogens with one attached hydrogen (secondary N) is 1. The molecule has 3 aromatic carbocycles. The van der Waals surface area contributed by atoms with E-state index in [2.05, 4.69) is 31.4 Å². The number of hydrogen-bond donors (Lipinski definition) is 2. The van der Waals surface area contributed by atoms with Crippen LogP contribution in [-0.4, -0.2) is 32.5 Å². The van der Waals surface area contributed by atoms with Crippen molar-refractivity contribution in [1.29, 1.82) is 0 Å². The molecule has 0 fully saturated rings. The monoisotopic (exact) mass is 542 g/mol. The first-order valence-corrected chi connectivity index (χ1v) is 11.8. The minimum Gasteiger partial charge on any atom is -0.507 e.